The van der Waals surface area contributed by atoms with Crippen LogP contribution < -0.4 is 5.32 Å². The van der Waals surface area contributed by atoms with Gasteiger partial charge in [-0.3, -0.25) is 9.59 Å². The highest BCUT2D eigenvalue weighted by Crippen LogP contribution is 2.38. The molecule has 1 aliphatic carbocycles. The summed E-state index contributed by atoms with van der Waals surface area (Å²) in [5.74, 6) is 0.315. The Balaban J connectivity index is 1.16. The summed E-state index contributed by atoms with van der Waals surface area (Å²) in [6.07, 6.45) is 4.49. The Morgan fingerprint density at radius 1 is 1.00 bits per heavy atom. The van der Waals surface area contributed by atoms with E-state index in [2.05, 4.69) is 15.1 Å². The first-order valence-corrected chi connectivity index (χ1v) is 14.2. The number of hydrogen-bond donors (Lipinski definition) is 1. The van der Waals surface area contributed by atoms with E-state index in [1.54, 1.807) is 0 Å². The largest absolute Gasteiger partial charge is 0.378 e. The molecule has 7 nitrogen and oxygen atoms in total. The molecule has 0 spiro atoms. The van der Waals surface area contributed by atoms with Crippen LogP contribution in [0.4, 0.5) is 0 Å². The van der Waals surface area contributed by atoms with E-state index in [1.165, 1.54) is 11.4 Å². The fourth-order valence-corrected chi connectivity index (χ4v) is 6.65. The molecule has 0 bridgehead atoms. The van der Waals surface area contributed by atoms with Crippen LogP contribution in [0.15, 0.2) is 47.8 Å². The van der Waals surface area contributed by atoms with Crippen LogP contribution in [0.5, 0.6) is 0 Å². The van der Waals surface area contributed by atoms with Gasteiger partial charge in [0.15, 0.2) is 0 Å². The Bertz CT molecular complexity index is 1250. The molecular formula is C29H32Cl2N4O3. The van der Waals surface area contributed by atoms with Crippen molar-refractivity contribution in [3.05, 3.63) is 69.0 Å². The number of carbonyl (C=O) groups excluding carboxylic acids is 2. The number of amides is 2. The first kappa shape index (κ1) is 25.5. The average Bonchev–Trinajstić information content (AvgIpc) is 3.56. The second-order valence-electron chi connectivity index (χ2n) is 10.4. The molecule has 9 heteroatoms. The molecule has 200 valence electrons. The van der Waals surface area contributed by atoms with Gasteiger partial charge in [-0.2, -0.15) is 0 Å². The Kier molecular flexibility index (Phi) is 7.25. The van der Waals surface area contributed by atoms with Crippen molar-refractivity contribution in [3.63, 3.8) is 0 Å². The minimum Gasteiger partial charge on any atom is -0.378 e. The SMILES string of the molecule is O=C(c1ccc(-c2cc(Cl)c(CN3CNC4=C3C[C@H](N3CCCC3=O)CC4)c(Cl)c2)cc1)N1CCOCC1. The fourth-order valence-electron chi connectivity index (χ4n) is 6.04. The number of allylic oxidation sites excluding steroid dienone is 1. The zero-order valence-electron chi connectivity index (χ0n) is 21.3. The number of hydrogen-bond acceptors (Lipinski definition) is 5. The van der Waals surface area contributed by atoms with Crippen molar-refractivity contribution >= 4 is 35.0 Å². The molecule has 1 N–H and O–H groups in total. The molecule has 2 aromatic rings. The van der Waals surface area contributed by atoms with Gasteiger partial charge in [-0.1, -0.05) is 35.3 Å². The van der Waals surface area contributed by atoms with E-state index < -0.39 is 0 Å². The second kappa shape index (κ2) is 10.8. The third-order valence-corrected chi connectivity index (χ3v) is 8.85. The smallest absolute Gasteiger partial charge is 0.254 e. The third kappa shape index (κ3) is 4.99. The summed E-state index contributed by atoms with van der Waals surface area (Å²) in [7, 11) is 0. The minimum atomic E-state index is 0.0261. The quantitative estimate of drug-likeness (QED) is 0.570. The molecule has 38 heavy (non-hydrogen) atoms. The fraction of sp³-hybridized carbons (Fsp3) is 0.448. The Hall–Kier alpha value is -2.74. The van der Waals surface area contributed by atoms with Crippen LogP contribution in [0, 0.1) is 0 Å². The van der Waals surface area contributed by atoms with Crippen molar-refractivity contribution in [1.29, 1.82) is 0 Å². The van der Waals surface area contributed by atoms with E-state index in [0.29, 0.717) is 54.9 Å². The van der Waals surface area contributed by atoms with E-state index in [9.17, 15) is 9.59 Å². The molecule has 2 amide bonds. The summed E-state index contributed by atoms with van der Waals surface area (Å²) >= 11 is 13.6. The van der Waals surface area contributed by atoms with E-state index in [-0.39, 0.29) is 17.9 Å². The van der Waals surface area contributed by atoms with Gasteiger partial charge >= 0.3 is 0 Å². The molecule has 2 aromatic carbocycles. The number of likely N-dealkylation sites (tertiary alicyclic amines) is 1. The lowest BCUT2D eigenvalue weighted by molar-refractivity contribution is -0.129. The average molecular weight is 556 g/mol. The summed E-state index contributed by atoms with van der Waals surface area (Å²) < 4.78 is 5.35. The zero-order valence-corrected chi connectivity index (χ0v) is 22.9. The van der Waals surface area contributed by atoms with Gasteiger partial charge in [-0.15, -0.1) is 0 Å². The summed E-state index contributed by atoms with van der Waals surface area (Å²) in [5.41, 5.74) is 5.99. The molecule has 3 aliphatic heterocycles. The summed E-state index contributed by atoms with van der Waals surface area (Å²) in [6, 6.07) is 11.8. The van der Waals surface area contributed by atoms with Crippen molar-refractivity contribution < 1.29 is 14.3 Å². The summed E-state index contributed by atoms with van der Waals surface area (Å²) in [5, 5.41) is 4.79. The van der Waals surface area contributed by atoms with E-state index >= 15 is 0 Å². The zero-order chi connectivity index (χ0) is 26.2. The van der Waals surface area contributed by atoms with Gasteiger partial charge in [0.1, 0.15) is 0 Å². The molecule has 4 aliphatic rings. The van der Waals surface area contributed by atoms with E-state index in [4.69, 9.17) is 27.9 Å². The number of morpholine rings is 1. The Morgan fingerprint density at radius 3 is 2.42 bits per heavy atom. The van der Waals surface area contributed by atoms with E-state index in [1.807, 2.05) is 41.3 Å². The Morgan fingerprint density at radius 2 is 1.74 bits per heavy atom. The van der Waals surface area contributed by atoms with Gasteiger partial charge in [0.2, 0.25) is 5.91 Å². The number of nitrogens with one attached hydrogen (secondary N) is 1. The van der Waals surface area contributed by atoms with Gasteiger partial charge < -0.3 is 24.8 Å². The van der Waals surface area contributed by atoms with Crippen LogP contribution in [-0.2, 0) is 16.1 Å². The minimum absolute atomic E-state index is 0.0261. The standard InChI is InChI=1S/C29H32Cl2N4O3/c30-24-14-21(19-3-5-20(6-4-19)29(37)33-10-12-38-13-11-33)15-25(31)23(24)17-34-18-32-26-8-7-22(16-27(26)34)35-9-1-2-28(35)36/h3-6,14-15,22,32H,1-2,7-13,16-18H2/t22-/m1/s1. The molecule has 0 unspecified atom stereocenters. The van der Waals surface area contributed by atoms with Gasteiger partial charge in [-0.25, -0.2) is 0 Å². The van der Waals surface area contributed by atoms with Crippen LogP contribution in [0.25, 0.3) is 11.1 Å². The van der Waals surface area contributed by atoms with Gasteiger partial charge in [0.05, 0.1) is 19.9 Å². The van der Waals surface area contributed by atoms with Crippen LogP contribution in [-0.4, -0.2) is 72.1 Å². The number of carbonyl (C=O) groups is 2. The first-order valence-electron chi connectivity index (χ1n) is 13.4. The van der Waals surface area contributed by atoms with Gasteiger partial charge in [0.25, 0.3) is 5.91 Å². The molecule has 6 rings (SSSR count). The first-order chi connectivity index (χ1) is 18.5. The van der Waals surface area contributed by atoms with Crippen LogP contribution in [0.1, 0.15) is 48.0 Å². The molecule has 2 saturated heterocycles. The lowest BCUT2D eigenvalue weighted by atomic mass is 9.95. The number of nitrogens with zero attached hydrogens (tertiary/aromatic N) is 3. The van der Waals surface area contributed by atoms with Crippen molar-refractivity contribution in [2.24, 2.45) is 0 Å². The van der Waals surface area contributed by atoms with Crippen LogP contribution >= 0.6 is 23.2 Å². The number of rotatable bonds is 5. The van der Waals surface area contributed by atoms with Gasteiger partial charge in [0, 0.05) is 77.6 Å². The maximum atomic E-state index is 12.8. The summed E-state index contributed by atoms with van der Waals surface area (Å²) in [4.78, 5) is 31.3. The summed E-state index contributed by atoms with van der Waals surface area (Å²) in [6.45, 7) is 4.61. The second-order valence-corrected chi connectivity index (χ2v) is 11.3. The lowest BCUT2D eigenvalue weighted by Crippen LogP contribution is -2.40. The monoisotopic (exact) mass is 554 g/mol. The van der Waals surface area contributed by atoms with Crippen LogP contribution in [0.2, 0.25) is 10.0 Å². The molecular weight excluding hydrogens is 523 g/mol. The Labute approximate surface area is 233 Å². The van der Waals surface area contributed by atoms with Crippen molar-refractivity contribution in [2.75, 3.05) is 39.5 Å². The van der Waals surface area contributed by atoms with Crippen molar-refractivity contribution in [3.8, 4) is 11.1 Å². The molecule has 2 fully saturated rings. The van der Waals surface area contributed by atoms with E-state index in [0.717, 1.165) is 55.6 Å². The highest BCUT2D eigenvalue weighted by molar-refractivity contribution is 6.36. The normalized spacial score (nSPS) is 21.7. The van der Waals surface area contributed by atoms with Gasteiger partial charge in [-0.05, 0) is 54.7 Å². The lowest BCUT2D eigenvalue weighted by Gasteiger charge is -2.34. The predicted molar refractivity (Wildman–Crippen MR) is 148 cm³/mol. The highest BCUT2D eigenvalue weighted by atomic mass is 35.5. The highest BCUT2D eigenvalue weighted by Gasteiger charge is 2.35. The third-order valence-electron chi connectivity index (χ3n) is 8.17. The number of benzene rings is 2. The molecule has 0 aromatic heterocycles. The van der Waals surface area contributed by atoms with Crippen molar-refractivity contribution in [2.45, 2.75) is 44.7 Å². The molecule has 1 atom stereocenters. The van der Waals surface area contributed by atoms with Crippen molar-refractivity contribution in [1.82, 2.24) is 20.0 Å². The maximum absolute atomic E-state index is 12.8. The number of ether oxygens (including phenoxy) is 1. The van der Waals surface area contributed by atoms with Crippen LogP contribution in [0.3, 0.4) is 0 Å². The molecule has 3 heterocycles. The predicted octanol–water partition coefficient (Wildman–Crippen LogP) is 4.88. The topological polar surface area (TPSA) is 65.1 Å². The molecule has 0 saturated carbocycles. The molecule has 0 radical (unpaired) electrons. The maximum Gasteiger partial charge on any atom is 0.254 e. The number of halogens is 2.